The zero-order chi connectivity index (χ0) is 26.5. The smallest absolute Gasteiger partial charge is 0.196 e. The van der Waals surface area contributed by atoms with Gasteiger partial charge in [-0.05, 0) is 91.2 Å². The Morgan fingerprint density at radius 2 is 1.32 bits per heavy atom. The molecule has 0 atom stereocenters. The molecular weight excluding hydrogens is 476 g/mol. The van der Waals surface area contributed by atoms with Crippen LogP contribution >= 0.6 is 0 Å². The minimum absolute atomic E-state index is 0.135. The molecule has 194 valence electrons. The van der Waals surface area contributed by atoms with Crippen LogP contribution in [0.5, 0.6) is 11.5 Å². The van der Waals surface area contributed by atoms with Gasteiger partial charge in [-0.2, -0.15) is 0 Å². The number of aromatic amines is 1. The van der Waals surface area contributed by atoms with Crippen molar-refractivity contribution in [3.8, 4) is 22.8 Å². The quantitative estimate of drug-likeness (QED) is 0.254. The number of nitrogens with zero attached hydrogens (tertiary/aromatic N) is 1. The number of Topliss-reactive ketones (excluding diaryl/α,β-unsaturated/α-hetero) is 1. The highest BCUT2D eigenvalue weighted by molar-refractivity contribution is 6.39. The fraction of sp³-hybridized carbons (Fsp3) is 0.250. The van der Waals surface area contributed by atoms with E-state index in [9.17, 15) is 9.90 Å². The molecule has 0 amide bonds. The lowest BCUT2D eigenvalue weighted by atomic mass is 9.85. The highest BCUT2D eigenvalue weighted by Crippen LogP contribution is 2.38. The van der Waals surface area contributed by atoms with Crippen molar-refractivity contribution in [3.63, 3.8) is 0 Å². The summed E-state index contributed by atoms with van der Waals surface area (Å²) < 4.78 is 11.4. The number of rotatable bonds is 11. The van der Waals surface area contributed by atoms with Gasteiger partial charge in [0.05, 0.1) is 24.6 Å². The van der Waals surface area contributed by atoms with Gasteiger partial charge in [0.15, 0.2) is 5.78 Å². The first-order valence-electron chi connectivity index (χ1n) is 13.2. The van der Waals surface area contributed by atoms with Crippen molar-refractivity contribution in [1.82, 2.24) is 4.98 Å². The third-order valence-electron chi connectivity index (χ3n) is 6.61. The van der Waals surface area contributed by atoms with Gasteiger partial charge in [-0.25, -0.2) is 4.99 Å². The second-order valence-corrected chi connectivity index (χ2v) is 9.36. The number of H-pyrrole nitrogens is 1. The van der Waals surface area contributed by atoms with Crippen molar-refractivity contribution < 1.29 is 19.4 Å². The summed E-state index contributed by atoms with van der Waals surface area (Å²) in [6.07, 6.45) is 7.76. The standard InChI is InChI=1S/C32H32N2O4/c1-3-5-19-37-23-11-7-21(8-12-23)25-15-17-27(33-25)29-31(35)30(32(29)36)28-18-16-26(34-28)22-9-13-24(14-10-22)38-20-6-4-2/h7-18,33,35H,3-6,19-20H2,1-2H3/p-1. The van der Waals surface area contributed by atoms with Crippen LogP contribution in [-0.4, -0.2) is 29.7 Å². The summed E-state index contributed by atoms with van der Waals surface area (Å²) >= 11 is 0. The Hall–Kier alpha value is -4.32. The maximum Gasteiger partial charge on any atom is 0.196 e. The molecule has 6 heteroatoms. The molecule has 0 saturated heterocycles. The van der Waals surface area contributed by atoms with Crippen LogP contribution in [0.2, 0.25) is 0 Å². The van der Waals surface area contributed by atoms with Gasteiger partial charge >= 0.3 is 0 Å². The van der Waals surface area contributed by atoms with Crippen molar-refractivity contribution >= 4 is 17.1 Å². The van der Waals surface area contributed by atoms with E-state index in [4.69, 9.17) is 9.47 Å². The number of carbonyl (C=O) groups is 1. The molecule has 1 aliphatic carbocycles. The summed E-state index contributed by atoms with van der Waals surface area (Å²) in [5.74, 6) is 1.07. The first-order chi connectivity index (χ1) is 18.6. The van der Waals surface area contributed by atoms with Gasteiger partial charge < -0.3 is 19.6 Å². The molecule has 3 aromatic rings. The number of hydrogen-bond acceptors (Lipinski definition) is 5. The molecule has 1 N–H and O–H groups in total. The second kappa shape index (κ2) is 11.4. The molecule has 2 aromatic carbocycles. The lowest BCUT2D eigenvalue weighted by molar-refractivity contribution is -0.297. The fourth-order valence-corrected chi connectivity index (χ4v) is 4.36. The van der Waals surface area contributed by atoms with Crippen molar-refractivity contribution in [1.29, 1.82) is 0 Å². The number of nitrogens with one attached hydrogen (secondary N) is 1. The van der Waals surface area contributed by atoms with Gasteiger partial charge in [0.2, 0.25) is 0 Å². The topological polar surface area (TPSA) is 86.7 Å². The lowest BCUT2D eigenvalue weighted by Crippen LogP contribution is -2.30. The summed E-state index contributed by atoms with van der Waals surface area (Å²) in [5, 5.41) is 13.0. The molecule has 0 spiro atoms. The van der Waals surface area contributed by atoms with Crippen LogP contribution in [0.25, 0.3) is 16.8 Å². The van der Waals surface area contributed by atoms with E-state index in [2.05, 4.69) is 23.8 Å². The van der Waals surface area contributed by atoms with E-state index in [1.54, 1.807) is 12.1 Å². The summed E-state index contributed by atoms with van der Waals surface area (Å²) in [5.41, 5.74) is 4.63. The molecule has 0 radical (unpaired) electrons. The Kier molecular flexibility index (Phi) is 7.59. The van der Waals surface area contributed by atoms with E-state index in [1.165, 1.54) is 0 Å². The molecule has 0 unspecified atom stereocenters. The normalized spacial score (nSPS) is 16.6. The van der Waals surface area contributed by atoms with E-state index in [1.807, 2.05) is 60.7 Å². The Bertz CT molecular complexity index is 1440. The van der Waals surface area contributed by atoms with Crippen LogP contribution in [0.4, 0.5) is 0 Å². The van der Waals surface area contributed by atoms with E-state index in [0.717, 1.165) is 54.0 Å². The van der Waals surface area contributed by atoms with Crippen LogP contribution in [0.1, 0.15) is 50.8 Å². The highest BCUT2D eigenvalue weighted by atomic mass is 16.5. The van der Waals surface area contributed by atoms with Crippen LogP contribution in [0.3, 0.4) is 0 Å². The van der Waals surface area contributed by atoms with E-state index in [0.29, 0.717) is 30.3 Å². The summed E-state index contributed by atoms with van der Waals surface area (Å²) in [6.45, 7) is 5.65. The Balaban J connectivity index is 1.30. The van der Waals surface area contributed by atoms with Gasteiger partial charge in [0.1, 0.15) is 11.5 Å². The zero-order valence-electron chi connectivity index (χ0n) is 21.8. The number of hydrogen-bond donors (Lipinski definition) is 1. The number of ether oxygens (including phenoxy) is 2. The molecule has 1 aromatic heterocycles. The largest absolute Gasteiger partial charge is 0.871 e. The van der Waals surface area contributed by atoms with Crippen molar-refractivity contribution in [2.75, 3.05) is 13.2 Å². The number of unbranched alkanes of at least 4 members (excludes halogenated alkanes) is 2. The molecule has 1 aliphatic heterocycles. The van der Waals surface area contributed by atoms with E-state index < -0.39 is 0 Å². The Morgan fingerprint density at radius 1 is 0.737 bits per heavy atom. The highest BCUT2D eigenvalue weighted by Gasteiger charge is 2.32. The van der Waals surface area contributed by atoms with Crippen molar-refractivity contribution in [2.45, 2.75) is 39.5 Å². The van der Waals surface area contributed by atoms with Crippen LogP contribution < -0.4 is 14.6 Å². The third kappa shape index (κ3) is 5.21. The number of carbonyl (C=O) groups excluding carboxylic acids is 1. The minimum Gasteiger partial charge on any atom is -0.871 e. The molecule has 0 saturated carbocycles. The molecule has 38 heavy (non-hydrogen) atoms. The van der Waals surface area contributed by atoms with Crippen LogP contribution in [0.15, 0.2) is 94.8 Å². The van der Waals surface area contributed by atoms with Gasteiger partial charge in [-0.3, -0.25) is 4.79 Å². The number of benzene rings is 2. The number of aliphatic imine (C=N–C) groups is 1. The number of ketones is 1. The van der Waals surface area contributed by atoms with Crippen molar-refractivity contribution in [3.05, 3.63) is 101 Å². The van der Waals surface area contributed by atoms with Gasteiger partial charge in [-0.1, -0.05) is 32.4 Å². The summed E-state index contributed by atoms with van der Waals surface area (Å²) in [7, 11) is 0. The first kappa shape index (κ1) is 25.3. The average molecular weight is 508 g/mol. The Morgan fingerprint density at radius 3 is 1.89 bits per heavy atom. The summed E-state index contributed by atoms with van der Waals surface area (Å²) in [6, 6.07) is 19.1. The molecule has 6 nitrogen and oxygen atoms in total. The lowest BCUT2D eigenvalue weighted by Gasteiger charge is -2.30. The number of allylic oxidation sites excluding steroid dienone is 4. The third-order valence-corrected chi connectivity index (χ3v) is 6.61. The summed E-state index contributed by atoms with van der Waals surface area (Å²) in [4.78, 5) is 20.8. The zero-order valence-corrected chi connectivity index (χ0v) is 21.8. The minimum atomic E-state index is -0.285. The van der Waals surface area contributed by atoms with Gasteiger partial charge in [0, 0.05) is 28.1 Å². The molecule has 5 rings (SSSR count). The average Bonchev–Trinajstić information content (AvgIpc) is 3.61. The van der Waals surface area contributed by atoms with Gasteiger partial charge in [-0.15, -0.1) is 0 Å². The molecular formula is C32H31N2O4-. The SMILES string of the molecule is CCCCOc1ccc(C2=NC(=C3C(=O)C(c4ccc(-c5ccc(OCCCC)cc5)[nH]4)=C3[O-])C=C2)cc1. The van der Waals surface area contributed by atoms with E-state index >= 15 is 0 Å². The molecule has 2 aliphatic rings. The van der Waals surface area contributed by atoms with Crippen LogP contribution in [0, 0.1) is 0 Å². The Labute approximate surface area is 223 Å². The number of aromatic nitrogens is 1. The second-order valence-electron chi connectivity index (χ2n) is 9.36. The van der Waals surface area contributed by atoms with Crippen molar-refractivity contribution in [2.24, 2.45) is 4.99 Å². The van der Waals surface area contributed by atoms with Crippen LogP contribution in [-0.2, 0) is 4.79 Å². The maximum atomic E-state index is 13.0. The molecule has 0 bridgehead atoms. The maximum absolute atomic E-state index is 13.0. The first-order valence-corrected chi connectivity index (χ1v) is 13.2. The predicted octanol–water partition coefficient (Wildman–Crippen LogP) is 6.01. The van der Waals surface area contributed by atoms with Gasteiger partial charge in [0.25, 0.3) is 0 Å². The molecule has 0 fully saturated rings. The monoisotopic (exact) mass is 507 g/mol. The molecule has 2 heterocycles. The predicted molar refractivity (Wildman–Crippen MR) is 148 cm³/mol. The fourth-order valence-electron chi connectivity index (χ4n) is 4.36. The van der Waals surface area contributed by atoms with E-state index in [-0.39, 0.29) is 22.7 Å².